The first-order chi connectivity index (χ1) is 13.2. The quantitative estimate of drug-likeness (QED) is 0.694. The highest BCUT2D eigenvalue weighted by molar-refractivity contribution is 5.93. The molecule has 2 aromatic carbocycles. The summed E-state index contributed by atoms with van der Waals surface area (Å²) >= 11 is 0. The lowest BCUT2D eigenvalue weighted by molar-refractivity contribution is -0.118. The van der Waals surface area contributed by atoms with Crippen LogP contribution in [0.2, 0.25) is 0 Å². The molecular weight excluding hydrogens is 332 g/mol. The lowest BCUT2D eigenvalue weighted by Gasteiger charge is -2.37. The van der Waals surface area contributed by atoms with Gasteiger partial charge in [0.1, 0.15) is 0 Å². The predicted molar refractivity (Wildman–Crippen MR) is 113 cm³/mol. The normalized spacial score (nSPS) is 18.8. The van der Waals surface area contributed by atoms with Crippen molar-refractivity contribution in [2.45, 2.75) is 39.0 Å². The fourth-order valence-corrected chi connectivity index (χ4v) is 4.15. The Labute approximate surface area is 164 Å². The number of hydrogen-bond donors (Lipinski definition) is 0. The minimum absolute atomic E-state index is 0.218. The summed E-state index contributed by atoms with van der Waals surface area (Å²) in [5.74, 6) is 1.29. The van der Waals surface area contributed by atoms with Gasteiger partial charge in [0.25, 0.3) is 0 Å². The highest BCUT2D eigenvalue weighted by Crippen LogP contribution is 2.24. The Balaban J connectivity index is 1.62. The lowest BCUT2D eigenvalue weighted by atomic mass is 9.94. The molecule has 0 saturated carbocycles. The van der Waals surface area contributed by atoms with Crippen LogP contribution >= 0.6 is 0 Å². The van der Waals surface area contributed by atoms with Gasteiger partial charge in [-0.15, -0.1) is 0 Å². The molecule has 0 bridgehead atoms. The standard InChI is InChI=1S/C24H32N2O/c1-3-24(27)26(23-14-8-5-9-15-23)19-21-11-10-16-25(18-21)17-20(2)22-12-6-4-7-13-22/h4-9,12-15,20-21H,3,10-11,16-19H2,1-2H3/t20?,21-/m1/s1. The van der Waals surface area contributed by atoms with E-state index in [-0.39, 0.29) is 5.91 Å². The summed E-state index contributed by atoms with van der Waals surface area (Å²) in [5.41, 5.74) is 2.44. The molecule has 1 saturated heterocycles. The molecule has 3 nitrogen and oxygen atoms in total. The number of carbonyl (C=O) groups excluding carboxylic acids is 1. The van der Waals surface area contributed by atoms with E-state index >= 15 is 0 Å². The van der Waals surface area contributed by atoms with Gasteiger partial charge in [0, 0.05) is 31.7 Å². The summed E-state index contributed by atoms with van der Waals surface area (Å²) in [6.45, 7) is 8.43. The van der Waals surface area contributed by atoms with Crippen molar-refractivity contribution in [3.63, 3.8) is 0 Å². The number of piperidine rings is 1. The number of likely N-dealkylation sites (tertiary alicyclic amines) is 1. The third-order valence-electron chi connectivity index (χ3n) is 5.62. The van der Waals surface area contributed by atoms with E-state index in [1.54, 1.807) is 0 Å². The van der Waals surface area contributed by atoms with Gasteiger partial charge in [-0.1, -0.05) is 62.4 Å². The van der Waals surface area contributed by atoms with E-state index in [0.717, 1.165) is 25.3 Å². The summed E-state index contributed by atoms with van der Waals surface area (Å²) in [7, 11) is 0. The van der Waals surface area contributed by atoms with Gasteiger partial charge in [-0.05, 0) is 48.9 Å². The number of hydrogen-bond acceptors (Lipinski definition) is 2. The van der Waals surface area contributed by atoms with Crippen molar-refractivity contribution in [2.24, 2.45) is 5.92 Å². The van der Waals surface area contributed by atoms with Crippen molar-refractivity contribution >= 4 is 11.6 Å². The van der Waals surface area contributed by atoms with Crippen LogP contribution in [0.25, 0.3) is 0 Å². The van der Waals surface area contributed by atoms with Crippen molar-refractivity contribution in [1.82, 2.24) is 4.90 Å². The zero-order valence-electron chi connectivity index (χ0n) is 16.7. The number of carbonyl (C=O) groups is 1. The van der Waals surface area contributed by atoms with Crippen molar-refractivity contribution in [2.75, 3.05) is 31.1 Å². The minimum atomic E-state index is 0.218. The molecular formula is C24H32N2O. The van der Waals surface area contributed by atoms with Crippen LogP contribution in [0.1, 0.15) is 44.6 Å². The molecule has 2 atom stereocenters. The van der Waals surface area contributed by atoms with Crippen LogP contribution in [0.3, 0.4) is 0 Å². The number of rotatable bonds is 7. The monoisotopic (exact) mass is 364 g/mol. The van der Waals surface area contributed by atoms with Gasteiger partial charge in [-0.3, -0.25) is 4.79 Å². The fraction of sp³-hybridized carbons (Fsp3) is 0.458. The third kappa shape index (κ3) is 5.43. The summed E-state index contributed by atoms with van der Waals surface area (Å²) in [6, 6.07) is 20.9. The molecule has 1 fully saturated rings. The Morgan fingerprint density at radius 3 is 2.44 bits per heavy atom. The zero-order chi connectivity index (χ0) is 19.1. The fourth-order valence-electron chi connectivity index (χ4n) is 4.15. The van der Waals surface area contributed by atoms with E-state index in [4.69, 9.17) is 0 Å². The maximum Gasteiger partial charge on any atom is 0.226 e. The molecule has 0 aliphatic carbocycles. The average Bonchev–Trinajstić information content (AvgIpc) is 2.73. The second-order valence-corrected chi connectivity index (χ2v) is 7.77. The maximum atomic E-state index is 12.5. The van der Waals surface area contributed by atoms with E-state index in [0.29, 0.717) is 18.3 Å². The van der Waals surface area contributed by atoms with Gasteiger partial charge in [-0.2, -0.15) is 0 Å². The largest absolute Gasteiger partial charge is 0.312 e. The smallest absolute Gasteiger partial charge is 0.226 e. The Morgan fingerprint density at radius 1 is 1.11 bits per heavy atom. The van der Waals surface area contributed by atoms with E-state index < -0.39 is 0 Å². The SMILES string of the molecule is CCC(=O)N(C[C@@H]1CCCN(CC(C)c2ccccc2)C1)c1ccccc1. The number of benzene rings is 2. The topological polar surface area (TPSA) is 23.6 Å². The van der Waals surface area contributed by atoms with Gasteiger partial charge in [0.15, 0.2) is 0 Å². The number of amides is 1. The van der Waals surface area contributed by atoms with Gasteiger partial charge < -0.3 is 9.80 Å². The summed E-state index contributed by atoms with van der Waals surface area (Å²) in [6.07, 6.45) is 2.97. The summed E-state index contributed by atoms with van der Waals surface area (Å²) in [5, 5.41) is 0. The molecule has 2 aromatic rings. The minimum Gasteiger partial charge on any atom is -0.312 e. The number of nitrogens with zero attached hydrogens (tertiary/aromatic N) is 2. The zero-order valence-corrected chi connectivity index (χ0v) is 16.7. The maximum absolute atomic E-state index is 12.5. The molecule has 3 rings (SSSR count). The molecule has 0 spiro atoms. The van der Waals surface area contributed by atoms with Gasteiger partial charge in [-0.25, -0.2) is 0 Å². The van der Waals surface area contributed by atoms with Gasteiger partial charge in [0.05, 0.1) is 0 Å². The molecule has 1 heterocycles. The van der Waals surface area contributed by atoms with Crippen LogP contribution < -0.4 is 4.90 Å². The lowest BCUT2D eigenvalue weighted by Crippen LogP contribution is -2.43. The van der Waals surface area contributed by atoms with Crippen molar-refractivity contribution in [1.29, 1.82) is 0 Å². The van der Waals surface area contributed by atoms with E-state index in [2.05, 4.69) is 42.2 Å². The molecule has 0 radical (unpaired) electrons. The second kappa shape index (κ2) is 9.70. The van der Waals surface area contributed by atoms with Crippen molar-refractivity contribution in [3.8, 4) is 0 Å². The van der Waals surface area contributed by atoms with Crippen LogP contribution in [-0.2, 0) is 4.79 Å². The molecule has 1 aliphatic heterocycles. The average molecular weight is 365 g/mol. The predicted octanol–water partition coefficient (Wildman–Crippen LogP) is 4.95. The van der Waals surface area contributed by atoms with E-state index in [1.165, 1.54) is 24.9 Å². The van der Waals surface area contributed by atoms with Gasteiger partial charge >= 0.3 is 0 Å². The Hall–Kier alpha value is -2.13. The first-order valence-electron chi connectivity index (χ1n) is 10.3. The number of anilines is 1. The molecule has 27 heavy (non-hydrogen) atoms. The number of para-hydroxylation sites is 1. The van der Waals surface area contributed by atoms with E-state index in [1.807, 2.05) is 42.2 Å². The van der Waals surface area contributed by atoms with Crippen molar-refractivity contribution < 1.29 is 4.79 Å². The van der Waals surface area contributed by atoms with Gasteiger partial charge in [0.2, 0.25) is 5.91 Å². The second-order valence-electron chi connectivity index (χ2n) is 7.77. The molecule has 1 amide bonds. The molecule has 1 unspecified atom stereocenters. The first-order valence-corrected chi connectivity index (χ1v) is 10.3. The summed E-state index contributed by atoms with van der Waals surface area (Å²) < 4.78 is 0. The third-order valence-corrected chi connectivity index (χ3v) is 5.62. The Morgan fingerprint density at radius 2 is 1.78 bits per heavy atom. The molecule has 3 heteroatoms. The molecule has 0 aromatic heterocycles. The Kier molecular flexibility index (Phi) is 7.05. The van der Waals surface area contributed by atoms with Crippen LogP contribution in [0, 0.1) is 5.92 Å². The van der Waals surface area contributed by atoms with Crippen LogP contribution in [-0.4, -0.2) is 37.0 Å². The molecule has 0 N–H and O–H groups in total. The Bertz CT molecular complexity index is 701. The van der Waals surface area contributed by atoms with Crippen molar-refractivity contribution in [3.05, 3.63) is 66.2 Å². The highest BCUT2D eigenvalue weighted by atomic mass is 16.2. The highest BCUT2D eigenvalue weighted by Gasteiger charge is 2.25. The van der Waals surface area contributed by atoms with Crippen LogP contribution in [0.15, 0.2) is 60.7 Å². The molecule has 144 valence electrons. The van der Waals surface area contributed by atoms with Crippen LogP contribution in [0.5, 0.6) is 0 Å². The molecule has 1 aliphatic rings. The van der Waals surface area contributed by atoms with E-state index in [9.17, 15) is 4.79 Å². The van der Waals surface area contributed by atoms with Crippen LogP contribution in [0.4, 0.5) is 5.69 Å². The first kappa shape index (κ1) is 19.6. The summed E-state index contributed by atoms with van der Waals surface area (Å²) in [4.78, 5) is 17.1.